The van der Waals surface area contributed by atoms with Gasteiger partial charge in [0.25, 0.3) is 0 Å². The summed E-state index contributed by atoms with van der Waals surface area (Å²) in [6.45, 7) is 2.21. The highest BCUT2D eigenvalue weighted by atomic mass is 16.2. The fourth-order valence-electron chi connectivity index (χ4n) is 2.03. The summed E-state index contributed by atoms with van der Waals surface area (Å²) in [6.07, 6.45) is 5.82. The number of aliphatic hydroxyl groups is 1. The molecule has 1 N–H and O–H groups in total. The average Bonchev–Trinajstić information content (AvgIpc) is 2.46. The van der Waals surface area contributed by atoms with Gasteiger partial charge in [-0.15, -0.1) is 0 Å². The minimum absolute atomic E-state index is 0.0924. The van der Waals surface area contributed by atoms with Crippen molar-refractivity contribution in [2.75, 3.05) is 6.61 Å². The van der Waals surface area contributed by atoms with E-state index in [-0.39, 0.29) is 6.61 Å². The smallest absolute Gasteiger partial charge is 0.0615 e. The quantitative estimate of drug-likeness (QED) is 0.858. The predicted molar refractivity (Wildman–Crippen MR) is 81.1 cm³/mol. The monoisotopic (exact) mass is 252 g/mol. The van der Waals surface area contributed by atoms with Gasteiger partial charge < -0.3 is 5.11 Å². The maximum atomic E-state index is 8.73. The van der Waals surface area contributed by atoms with Gasteiger partial charge in [0, 0.05) is 0 Å². The molecule has 0 aliphatic heterocycles. The van der Waals surface area contributed by atoms with E-state index in [2.05, 4.69) is 55.5 Å². The van der Waals surface area contributed by atoms with Crippen LogP contribution in [0.15, 0.2) is 54.6 Å². The zero-order chi connectivity index (χ0) is 13.5. The van der Waals surface area contributed by atoms with Crippen LogP contribution in [-0.2, 0) is 12.8 Å². The molecule has 0 saturated heterocycles. The van der Waals surface area contributed by atoms with E-state index in [1.807, 2.05) is 6.08 Å². The van der Waals surface area contributed by atoms with Crippen LogP contribution in [-0.4, -0.2) is 11.7 Å². The maximum absolute atomic E-state index is 8.73. The topological polar surface area (TPSA) is 20.2 Å². The third-order valence-electron chi connectivity index (χ3n) is 3.22. The van der Waals surface area contributed by atoms with Crippen LogP contribution < -0.4 is 0 Å². The minimum Gasteiger partial charge on any atom is -0.392 e. The molecule has 0 spiro atoms. The molecule has 2 aromatic carbocycles. The number of rotatable bonds is 5. The molecule has 19 heavy (non-hydrogen) atoms. The lowest BCUT2D eigenvalue weighted by atomic mass is 10.0. The van der Waals surface area contributed by atoms with Gasteiger partial charge in [-0.1, -0.05) is 66.2 Å². The third kappa shape index (κ3) is 4.38. The molecule has 0 bridgehead atoms. The second-order valence-electron chi connectivity index (χ2n) is 4.81. The minimum atomic E-state index is 0.0924. The fourth-order valence-corrected chi connectivity index (χ4v) is 2.03. The van der Waals surface area contributed by atoms with Crippen molar-refractivity contribution in [1.29, 1.82) is 0 Å². The largest absolute Gasteiger partial charge is 0.392 e. The first-order chi connectivity index (χ1) is 9.28. The fraction of sp³-hybridized carbons (Fsp3) is 0.222. The summed E-state index contributed by atoms with van der Waals surface area (Å²) in [6, 6.07) is 17.2. The third-order valence-corrected chi connectivity index (χ3v) is 3.22. The van der Waals surface area contributed by atoms with Gasteiger partial charge in [0.2, 0.25) is 0 Å². The Bertz CT molecular complexity index is 521. The van der Waals surface area contributed by atoms with Gasteiger partial charge in [-0.2, -0.15) is 0 Å². The first-order valence-electron chi connectivity index (χ1n) is 6.70. The standard InChI is InChI=1S/C18H20O/c1-15-4-6-17(7-5-15)12-13-18-10-8-16(9-11-18)3-2-14-19/h2-11,19H,12-14H2,1H3/b3-2+. The Labute approximate surface area is 115 Å². The molecule has 0 heterocycles. The van der Waals surface area contributed by atoms with Crippen molar-refractivity contribution in [1.82, 2.24) is 0 Å². The van der Waals surface area contributed by atoms with Gasteiger partial charge in [-0.05, 0) is 36.5 Å². The maximum Gasteiger partial charge on any atom is 0.0615 e. The van der Waals surface area contributed by atoms with E-state index in [4.69, 9.17) is 5.11 Å². The number of aliphatic hydroxyl groups excluding tert-OH is 1. The average molecular weight is 252 g/mol. The molecule has 0 fully saturated rings. The van der Waals surface area contributed by atoms with E-state index in [1.54, 1.807) is 6.08 Å². The van der Waals surface area contributed by atoms with Crippen LogP contribution in [0.25, 0.3) is 6.08 Å². The van der Waals surface area contributed by atoms with Crippen LogP contribution in [0.3, 0.4) is 0 Å². The predicted octanol–water partition coefficient (Wildman–Crippen LogP) is 3.79. The Morgan fingerprint density at radius 1 is 0.842 bits per heavy atom. The van der Waals surface area contributed by atoms with Gasteiger partial charge in [-0.25, -0.2) is 0 Å². The molecule has 0 aliphatic carbocycles. The number of hydrogen-bond donors (Lipinski definition) is 1. The molecular weight excluding hydrogens is 232 g/mol. The van der Waals surface area contributed by atoms with Crippen molar-refractivity contribution in [3.05, 3.63) is 76.9 Å². The second-order valence-corrected chi connectivity index (χ2v) is 4.81. The van der Waals surface area contributed by atoms with Crippen molar-refractivity contribution in [3.63, 3.8) is 0 Å². The Hall–Kier alpha value is -1.86. The molecule has 1 heteroatoms. The van der Waals surface area contributed by atoms with Crippen molar-refractivity contribution in [2.45, 2.75) is 19.8 Å². The molecule has 0 aromatic heterocycles. The normalized spacial score (nSPS) is 11.1. The van der Waals surface area contributed by atoms with E-state index >= 15 is 0 Å². The number of aryl methyl sites for hydroxylation is 3. The molecule has 0 unspecified atom stereocenters. The molecular formula is C18H20O. The number of hydrogen-bond acceptors (Lipinski definition) is 1. The van der Waals surface area contributed by atoms with E-state index in [9.17, 15) is 0 Å². The molecule has 2 aromatic rings. The summed E-state index contributed by atoms with van der Waals surface area (Å²) >= 11 is 0. The second kappa shape index (κ2) is 6.91. The Morgan fingerprint density at radius 3 is 1.89 bits per heavy atom. The first kappa shape index (κ1) is 13.6. The summed E-state index contributed by atoms with van der Waals surface area (Å²) < 4.78 is 0. The molecule has 98 valence electrons. The van der Waals surface area contributed by atoms with Gasteiger partial charge in [-0.3, -0.25) is 0 Å². The van der Waals surface area contributed by atoms with Crippen molar-refractivity contribution in [2.24, 2.45) is 0 Å². The van der Waals surface area contributed by atoms with Crippen LogP contribution in [0.4, 0.5) is 0 Å². The van der Waals surface area contributed by atoms with E-state index in [0.717, 1.165) is 18.4 Å². The zero-order valence-corrected chi connectivity index (χ0v) is 11.3. The molecule has 0 saturated carbocycles. The molecule has 1 nitrogen and oxygen atoms in total. The highest BCUT2D eigenvalue weighted by molar-refractivity contribution is 5.49. The molecule has 2 rings (SSSR count). The van der Waals surface area contributed by atoms with Crippen molar-refractivity contribution < 1.29 is 5.11 Å². The lowest BCUT2D eigenvalue weighted by Gasteiger charge is -2.03. The molecule has 0 amide bonds. The summed E-state index contributed by atoms with van der Waals surface area (Å²) in [5.41, 5.74) is 5.17. The molecule has 0 atom stereocenters. The van der Waals surface area contributed by atoms with Crippen LogP contribution in [0, 0.1) is 6.92 Å². The summed E-state index contributed by atoms with van der Waals surface area (Å²) in [5.74, 6) is 0. The molecule has 0 aliphatic rings. The Kier molecular flexibility index (Phi) is 4.93. The van der Waals surface area contributed by atoms with Crippen molar-refractivity contribution >= 4 is 6.08 Å². The summed E-state index contributed by atoms with van der Waals surface area (Å²) in [5, 5.41) is 8.73. The molecule has 0 radical (unpaired) electrons. The highest BCUT2D eigenvalue weighted by Crippen LogP contribution is 2.11. The Morgan fingerprint density at radius 2 is 1.37 bits per heavy atom. The lowest BCUT2D eigenvalue weighted by molar-refractivity contribution is 0.343. The van der Waals surface area contributed by atoms with E-state index in [0.29, 0.717) is 0 Å². The summed E-state index contributed by atoms with van der Waals surface area (Å²) in [7, 11) is 0. The first-order valence-corrected chi connectivity index (χ1v) is 6.70. The van der Waals surface area contributed by atoms with E-state index < -0.39 is 0 Å². The SMILES string of the molecule is Cc1ccc(CCc2ccc(/C=C/CO)cc2)cc1. The van der Waals surface area contributed by atoms with Gasteiger partial charge in [0.05, 0.1) is 6.61 Å². The van der Waals surface area contributed by atoms with Gasteiger partial charge in [0.15, 0.2) is 0 Å². The van der Waals surface area contributed by atoms with Crippen molar-refractivity contribution in [3.8, 4) is 0 Å². The van der Waals surface area contributed by atoms with Gasteiger partial charge >= 0.3 is 0 Å². The van der Waals surface area contributed by atoms with Gasteiger partial charge in [0.1, 0.15) is 0 Å². The Balaban J connectivity index is 1.92. The van der Waals surface area contributed by atoms with Crippen LogP contribution in [0.5, 0.6) is 0 Å². The zero-order valence-electron chi connectivity index (χ0n) is 11.3. The number of benzene rings is 2. The lowest BCUT2D eigenvalue weighted by Crippen LogP contribution is -1.91. The van der Waals surface area contributed by atoms with Crippen LogP contribution in [0.2, 0.25) is 0 Å². The van der Waals surface area contributed by atoms with Crippen LogP contribution >= 0.6 is 0 Å². The van der Waals surface area contributed by atoms with Crippen LogP contribution in [0.1, 0.15) is 22.3 Å². The summed E-state index contributed by atoms with van der Waals surface area (Å²) in [4.78, 5) is 0. The highest BCUT2D eigenvalue weighted by Gasteiger charge is 1.96. The van der Waals surface area contributed by atoms with E-state index in [1.165, 1.54) is 16.7 Å².